The van der Waals surface area contributed by atoms with Gasteiger partial charge in [-0.1, -0.05) is 40.0 Å². The zero-order valence-corrected chi connectivity index (χ0v) is 10.8. The van der Waals surface area contributed by atoms with Crippen LogP contribution in [0.1, 0.15) is 52.9 Å². The number of hydrogen-bond donors (Lipinski definition) is 1. The first-order valence-corrected chi connectivity index (χ1v) is 6.39. The van der Waals surface area contributed by atoms with E-state index in [9.17, 15) is 0 Å². The molecule has 0 aromatic rings. The third-order valence-corrected chi connectivity index (χ3v) is 3.88. The highest BCUT2D eigenvalue weighted by molar-refractivity contribution is 5.02. The zero-order valence-electron chi connectivity index (χ0n) is 10.8. The van der Waals surface area contributed by atoms with Crippen LogP contribution in [0.4, 0.5) is 0 Å². The molecule has 0 aliphatic heterocycles. The summed E-state index contributed by atoms with van der Waals surface area (Å²) in [6, 6.07) is 0.657. The highest BCUT2D eigenvalue weighted by Crippen LogP contribution is 2.42. The summed E-state index contributed by atoms with van der Waals surface area (Å²) in [6.07, 6.45) is 7.00. The Morgan fingerprint density at radius 3 is 2.53 bits per heavy atom. The van der Waals surface area contributed by atoms with Gasteiger partial charge in [0.2, 0.25) is 0 Å². The molecule has 0 heterocycles. The first-order valence-electron chi connectivity index (χ1n) is 6.39. The molecular weight excluding hydrogens is 186 g/mol. The van der Waals surface area contributed by atoms with Crippen LogP contribution in [0.25, 0.3) is 0 Å². The van der Waals surface area contributed by atoms with Gasteiger partial charge in [0, 0.05) is 18.6 Å². The predicted molar refractivity (Wildman–Crippen MR) is 65.1 cm³/mol. The van der Waals surface area contributed by atoms with E-state index < -0.39 is 0 Å². The van der Waals surface area contributed by atoms with Crippen LogP contribution in [-0.4, -0.2) is 25.8 Å². The summed E-state index contributed by atoms with van der Waals surface area (Å²) in [5, 5.41) is 3.65. The molecule has 0 aromatic carbocycles. The Bertz CT molecular complexity index is 179. The van der Waals surface area contributed by atoms with Crippen molar-refractivity contribution in [1.29, 1.82) is 0 Å². The minimum Gasteiger partial charge on any atom is -0.381 e. The van der Waals surface area contributed by atoms with Gasteiger partial charge in [0.15, 0.2) is 0 Å². The second-order valence-corrected chi connectivity index (χ2v) is 5.35. The van der Waals surface area contributed by atoms with Gasteiger partial charge in [-0.3, -0.25) is 0 Å². The molecular formula is C13H27NO. The van der Waals surface area contributed by atoms with Gasteiger partial charge in [-0.2, -0.15) is 0 Å². The molecule has 2 atom stereocenters. The van der Waals surface area contributed by atoms with Gasteiger partial charge >= 0.3 is 0 Å². The largest absolute Gasteiger partial charge is 0.381 e. The molecule has 1 aliphatic carbocycles. The molecule has 1 aliphatic rings. The van der Waals surface area contributed by atoms with Gasteiger partial charge in [-0.05, 0) is 19.4 Å². The molecule has 0 amide bonds. The van der Waals surface area contributed by atoms with Crippen molar-refractivity contribution in [1.82, 2.24) is 5.32 Å². The summed E-state index contributed by atoms with van der Waals surface area (Å²) in [4.78, 5) is 0. The molecule has 0 saturated heterocycles. The molecule has 2 heteroatoms. The standard InChI is InChI=1S/C13H27NO/c1-5-6-7-8-9-14-11-10-12(15-4)13(11,2)3/h11-12,14H,5-10H2,1-4H3. The van der Waals surface area contributed by atoms with Crippen LogP contribution in [0.3, 0.4) is 0 Å². The number of methoxy groups -OCH3 is 1. The first kappa shape index (κ1) is 13.0. The molecule has 1 fully saturated rings. The van der Waals surface area contributed by atoms with E-state index >= 15 is 0 Å². The second-order valence-electron chi connectivity index (χ2n) is 5.35. The van der Waals surface area contributed by atoms with Crippen LogP contribution >= 0.6 is 0 Å². The molecule has 1 rings (SSSR count). The summed E-state index contributed by atoms with van der Waals surface area (Å²) < 4.78 is 5.44. The Balaban J connectivity index is 2.08. The van der Waals surface area contributed by atoms with Gasteiger partial charge < -0.3 is 10.1 Å². The van der Waals surface area contributed by atoms with Crippen molar-refractivity contribution >= 4 is 0 Å². The Labute approximate surface area is 94.8 Å². The van der Waals surface area contributed by atoms with E-state index in [4.69, 9.17) is 4.74 Å². The van der Waals surface area contributed by atoms with Gasteiger partial charge in [0.25, 0.3) is 0 Å². The van der Waals surface area contributed by atoms with Crippen LogP contribution < -0.4 is 5.32 Å². The summed E-state index contributed by atoms with van der Waals surface area (Å²) >= 11 is 0. The highest BCUT2D eigenvalue weighted by atomic mass is 16.5. The van der Waals surface area contributed by atoms with Crippen molar-refractivity contribution in [2.24, 2.45) is 5.41 Å². The van der Waals surface area contributed by atoms with Crippen molar-refractivity contribution in [2.75, 3.05) is 13.7 Å². The van der Waals surface area contributed by atoms with E-state index in [1.165, 1.54) is 38.6 Å². The third kappa shape index (κ3) is 3.18. The van der Waals surface area contributed by atoms with Crippen molar-refractivity contribution in [2.45, 2.75) is 65.0 Å². The third-order valence-electron chi connectivity index (χ3n) is 3.88. The van der Waals surface area contributed by atoms with E-state index in [0.29, 0.717) is 17.6 Å². The molecule has 1 saturated carbocycles. The van der Waals surface area contributed by atoms with Crippen molar-refractivity contribution in [3.8, 4) is 0 Å². The van der Waals surface area contributed by atoms with Crippen molar-refractivity contribution < 1.29 is 4.74 Å². The predicted octanol–water partition coefficient (Wildman–Crippen LogP) is 2.97. The summed E-state index contributed by atoms with van der Waals surface area (Å²) in [5.41, 5.74) is 0.319. The average Bonchev–Trinajstić information content (AvgIpc) is 2.21. The smallest absolute Gasteiger partial charge is 0.0652 e. The summed E-state index contributed by atoms with van der Waals surface area (Å²) in [7, 11) is 1.82. The monoisotopic (exact) mass is 213 g/mol. The molecule has 1 N–H and O–H groups in total. The highest BCUT2D eigenvalue weighted by Gasteiger charge is 2.47. The lowest BCUT2D eigenvalue weighted by Crippen LogP contribution is -2.60. The second kappa shape index (κ2) is 5.86. The van der Waals surface area contributed by atoms with Crippen LogP contribution in [0.15, 0.2) is 0 Å². The van der Waals surface area contributed by atoms with E-state index in [-0.39, 0.29) is 0 Å². The van der Waals surface area contributed by atoms with E-state index in [1.54, 1.807) is 0 Å². The normalized spacial score (nSPS) is 28.8. The minimum absolute atomic E-state index is 0.319. The fourth-order valence-corrected chi connectivity index (χ4v) is 2.46. The molecule has 0 aromatic heterocycles. The van der Waals surface area contributed by atoms with E-state index in [0.717, 1.165) is 0 Å². The van der Waals surface area contributed by atoms with Gasteiger partial charge in [-0.25, -0.2) is 0 Å². The number of unbranched alkanes of at least 4 members (excludes halogenated alkanes) is 3. The molecule has 0 bridgehead atoms. The van der Waals surface area contributed by atoms with E-state index in [1.807, 2.05) is 7.11 Å². The number of hydrogen-bond acceptors (Lipinski definition) is 2. The van der Waals surface area contributed by atoms with Crippen LogP contribution in [0.2, 0.25) is 0 Å². The lowest BCUT2D eigenvalue weighted by molar-refractivity contribution is -0.0972. The fraction of sp³-hybridized carbons (Fsp3) is 1.00. The molecule has 0 spiro atoms. The Morgan fingerprint density at radius 1 is 1.27 bits per heavy atom. The molecule has 2 unspecified atom stereocenters. The Kier molecular flexibility index (Phi) is 5.07. The molecule has 0 radical (unpaired) electrons. The Hall–Kier alpha value is -0.0800. The van der Waals surface area contributed by atoms with Crippen molar-refractivity contribution in [3.05, 3.63) is 0 Å². The van der Waals surface area contributed by atoms with E-state index in [2.05, 4.69) is 26.1 Å². The molecule has 2 nitrogen and oxygen atoms in total. The van der Waals surface area contributed by atoms with Crippen LogP contribution in [0.5, 0.6) is 0 Å². The van der Waals surface area contributed by atoms with Crippen LogP contribution in [0, 0.1) is 5.41 Å². The van der Waals surface area contributed by atoms with Gasteiger partial charge in [0.1, 0.15) is 0 Å². The van der Waals surface area contributed by atoms with Crippen molar-refractivity contribution in [3.63, 3.8) is 0 Å². The number of nitrogens with one attached hydrogen (secondary N) is 1. The first-order chi connectivity index (χ1) is 7.12. The maximum atomic E-state index is 5.44. The zero-order chi connectivity index (χ0) is 11.3. The molecule has 15 heavy (non-hydrogen) atoms. The average molecular weight is 213 g/mol. The summed E-state index contributed by atoms with van der Waals surface area (Å²) in [6.45, 7) is 8.03. The molecule has 90 valence electrons. The summed E-state index contributed by atoms with van der Waals surface area (Å²) in [5.74, 6) is 0. The topological polar surface area (TPSA) is 21.3 Å². The number of rotatable bonds is 7. The van der Waals surface area contributed by atoms with Gasteiger partial charge in [-0.15, -0.1) is 0 Å². The Morgan fingerprint density at radius 2 is 2.00 bits per heavy atom. The minimum atomic E-state index is 0.319. The SMILES string of the molecule is CCCCCCNC1CC(OC)C1(C)C. The lowest BCUT2D eigenvalue weighted by atomic mass is 9.64. The maximum Gasteiger partial charge on any atom is 0.0652 e. The fourth-order valence-electron chi connectivity index (χ4n) is 2.46. The maximum absolute atomic E-state index is 5.44. The van der Waals surface area contributed by atoms with Gasteiger partial charge in [0.05, 0.1) is 6.10 Å². The van der Waals surface area contributed by atoms with Crippen LogP contribution in [-0.2, 0) is 4.74 Å². The lowest BCUT2D eigenvalue weighted by Gasteiger charge is -2.51. The quantitative estimate of drug-likeness (QED) is 0.656. The number of ether oxygens (including phenoxy) is 1.